The van der Waals surface area contributed by atoms with Crippen LogP contribution in [0.15, 0.2) is 0 Å². The third kappa shape index (κ3) is 4.48. The molecule has 0 fully saturated rings. The Morgan fingerprint density at radius 1 is 1.33 bits per heavy atom. The third-order valence-electron chi connectivity index (χ3n) is 2.94. The van der Waals surface area contributed by atoms with E-state index in [0.29, 0.717) is 0 Å². The second kappa shape index (κ2) is 8.83. The van der Waals surface area contributed by atoms with Crippen LogP contribution in [-0.4, -0.2) is 28.3 Å². The van der Waals surface area contributed by atoms with Gasteiger partial charge in [-0.1, -0.05) is 18.5 Å². The molecule has 0 aromatic carbocycles. The van der Waals surface area contributed by atoms with E-state index in [1.165, 1.54) is 18.6 Å². The number of thioether (sulfide) groups is 1. The summed E-state index contributed by atoms with van der Waals surface area (Å²) in [4.78, 5) is 0. The van der Waals surface area contributed by atoms with Gasteiger partial charge in [-0.3, -0.25) is 4.68 Å². The lowest BCUT2D eigenvalue weighted by atomic mass is 10.3. The lowest BCUT2D eigenvalue weighted by Crippen LogP contribution is -2.18. The second-order valence-corrected chi connectivity index (χ2v) is 5.62. The number of aryl methyl sites for hydroxylation is 2. The Kier molecular flexibility index (Phi) is 7.79. The zero-order valence-corrected chi connectivity index (χ0v) is 13.2. The highest BCUT2D eigenvalue weighted by atomic mass is 35.5. The molecule has 0 atom stereocenters. The van der Waals surface area contributed by atoms with Crippen LogP contribution in [0, 0.1) is 0 Å². The van der Waals surface area contributed by atoms with E-state index in [9.17, 15) is 0 Å². The van der Waals surface area contributed by atoms with Crippen LogP contribution in [0.3, 0.4) is 0 Å². The summed E-state index contributed by atoms with van der Waals surface area (Å²) in [5.74, 6) is 1.25. The van der Waals surface area contributed by atoms with Crippen molar-refractivity contribution < 1.29 is 0 Å². The van der Waals surface area contributed by atoms with E-state index >= 15 is 0 Å². The first-order valence-corrected chi connectivity index (χ1v) is 8.45. The smallest absolute Gasteiger partial charge is 0.0863 e. The Morgan fingerprint density at radius 3 is 2.72 bits per heavy atom. The summed E-state index contributed by atoms with van der Waals surface area (Å²) in [6.45, 7) is 6.94. The molecule has 0 saturated carbocycles. The van der Waals surface area contributed by atoms with Gasteiger partial charge in [-0.25, -0.2) is 0 Å². The van der Waals surface area contributed by atoms with E-state index in [1.54, 1.807) is 0 Å². The van der Waals surface area contributed by atoms with Gasteiger partial charge in [-0.2, -0.15) is 16.9 Å². The maximum Gasteiger partial charge on any atom is 0.0863 e. The summed E-state index contributed by atoms with van der Waals surface area (Å²) in [7, 11) is 0. The Morgan fingerprint density at radius 2 is 2.11 bits per heavy atom. The first-order chi connectivity index (χ1) is 8.74. The number of halogens is 1. The summed E-state index contributed by atoms with van der Waals surface area (Å²) >= 11 is 8.25. The number of hydrogen-bond acceptors (Lipinski definition) is 3. The molecule has 104 valence electrons. The quantitative estimate of drug-likeness (QED) is 0.707. The maximum absolute atomic E-state index is 6.34. The van der Waals surface area contributed by atoms with Crippen molar-refractivity contribution in [2.75, 3.05) is 18.6 Å². The number of hydrogen-bond donors (Lipinski definition) is 1. The number of nitrogens with one attached hydrogen (secondary N) is 1. The van der Waals surface area contributed by atoms with E-state index < -0.39 is 0 Å². The van der Waals surface area contributed by atoms with Crippen molar-refractivity contribution in [2.24, 2.45) is 0 Å². The Hall–Kier alpha value is -0.190. The largest absolute Gasteiger partial charge is 0.311 e. The van der Waals surface area contributed by atoms with E-state index in [-0.39, 0.29) is 0 Å². The van der Waals surface area contributed by atoms with Gasteiger partial charge in [0.2, 0.25) is 0 Å². The Bertz CT molecular complexity index is 352. The number of rotatable bonds is 9. The van der Waals surface area contributed by atoms with Gasteiger partial charge < -0.3 is 5.32 Å². The fourth-order valence-corrected chi connectivity index (χ4v) is 2.72. The van der Waals surface area contributed by atoms with Gasteiger partial charge in [-0.05, 0) is 44.7 Å². The van der Waals surface area contributed by atoms with Crippen LogP contribution in [0.1, 0.15) is 38.1 Å². The maximum atomic E-state index is 6.34. The normalized spacial score (nSPS) is 11.1. The molecule has 18 heavy (non-hydrogen) atoms. The number of unbranched alkanes of at least 4 members (excludes halogenated alkanes) is 1. The summed E-state index contributed by atoms with van der Waals surface area (Å²) in [5, 5.41) is 8.82. The minimum atomic E-state index is 0.818. The van der Waals surface area contributed by atoms with Gasteiger partial charge in [0.05, 0.1) is 16.4 Å². The molecule has 0 unspecified atom stereocenters. The van der Waals surface area contributed by atoms with Crippen LogP contribution in [0.25, 0.3) is 0 Å². The molecule has 0 aliphatic rings. The molecule has 0 aliphatic carbocycles. The van der Waals surface area contributed by atoms with Crippen LogP contribution < -0.4 is 5.32 Å². The predicted octanol–water partition coefficient (Wildman–Crippen LogP) is 3.35. The minimum absolute atomic E-state index is 0.818. The van der Waals surface area contributed by atoms with Crippen molar-refractivity contribution in [3.63, 3.8) is 0 Å². The fraction of sp³-hybridized carbons (Fsp3) is 0.769. The van der Waals surface area contributed by atoms with Crippen LogP contribution in [0.5, 0.6) is 0 Å². The Balaban J connectivity index is 2.43. The summed E-state index contributed by atoms with van der Waals surface area (Å²) in [5.41, 5.74) is 2.14. The summed E-state index contributed by atoms with van der Waals surface area (Å²) in [6.07, 6.45) is 5.54. The molecule has 5 heteroatoms. The fourth-order valence-electron chi connectivity index (χ4n) is 1.89. The zero-order valence-electron chi connectivity index (χ0n) is 11.6. The third-order valence-corrected chi connectivity index (χ3v) is 4.07. The SMILES string of the molecule is CCc1nn(CC)c(CNCCCCSC)c1Cl. The van der Waals surface area contributed by atoms with Crippen molar-refractivity contribution >= 4 is 23.4 Å². The van der Waals surface area contributed by atoms with Crippen molar-refractivity contribution in [1.29, 1.82) is 0 Å². The van der Waals surface area contributed by atoms with Gasteiger partial charge >= 0.3 is 0 Å². The number of nitrogens with zero attached hydrogens (tertiary/aromatic N) is 2. The molecule has 0 amide bonds. The van der Waals surface area contributed by atoms with Gasteiger partial charge in [-0.15, -0.1) is 0 Å². The predicted molar refractivity (Wildman–Crippen MR) is 81.6 cm³/mol. The highest BCUT2D eigenvalue weighted by Gasteiger charge is 2.13. The average Bonchev–Trinajstić information content (AvgIpc) is 2.70. The van der Waals surface area contributed by atoms with Gasteiger partial charge in [0.15, 0.2) is 0 Å². The molecule has 1 aromatic rings. The topological polar surface area (TPSA) is 29.9 Å². The first-order valence-electron chi connectivity index (χ1n) is 6.68. The van der Waals surface area contributed by atoms with Crippen LogP contribution in [0.4, 0.5) is 0 Å². The monoisotopic (exact) mass is 289 g/mol. The highest BCUT2D eigenvalue weighted by Crippen LogP contribution is 2.21. The van der Waals surface area contributed by atoms with Gasteiger partial charge in [0.25, 0.3) is 0 Å². The molecule has 0 bridgehead atoms. The zero-order chi connectivity index (χ0) is 13.4. The molecule has 1 heterocycles. The van der Waals surface area contributed by atoms with Crippen molar-refractivity contribution in [2.45, 2.75) is 46.2 Å². The van der Waals surface area contributed by atoms with E-state index in [0.717, 1.165) is 42.5 Å². The highest BCUT2D eigenvalue weighted by molar-refractivity contribution is 7.98. The molecule has 0 radical (unpaired) electrons. The number of aromatic nitrogens is 2. The molecule has 1 rings (SSSR count). The summed E-state index contributed by atoms with van der Waals surface area (Å²) < 4.78 is 2.01. The summed E-state index contributed by atoms with van der Waals surface area (Å²) in [6, 6.07) is 0. The minimum Gasteiger partial charge on any atom is -0.311 e. The standard InChI is InChI=1S/C13H24ClN3S/c1-4-11-13(14)12(17(5-2)16-11)10-15-8-6-7-9-18-3/h15H,4-10H2,1-3H3. The van der Waals surface area contributed by atoms with E-state index in [1.807, 2.05) is 16.4 Å². The molecule has 0 aliphatic heterocycles. The molecule has 1 aromatic heterocycles. The van der Waals surface area contributed by atoms with Crippen LogP contribution >= 0.6 is 23.4 Å². The van der Waals surface area contributed by atoms with Crippen LogP contribution in [0.2, 0.25) is 5.02 Å². The molecule has 0 saturated heterocycles. The lowest BCUT2D eigenvalue weighted by molar-refractivity contribution is 0.569. The molecule has 3 nitrogen and oxygen atoms in total. The molecular formula is C13H24ClN3S. The van der Waals surface area contributed by atoms with Crippen molar-refractivity contribution in [3.05, 3.63) is 16.4 Å². The molecular weight excluding hydrogens is 266 g/mol. The second-order valence-electron chi connectivity index (χ2n) is 4.25. The van der Waals surface area contributed by atoms with Crippen molar-refractivity contribution in [3.8, 4) is 0 Å². The molecule has 1 N–H and O–H groups in total. The lowest BCUT2D eigenvalue weighted by Gasteiger charge is -2.07. The van der Waals surface area contributed by atoms with Gasteiger partial charge in [0, 0.05) is 13.1 Å². The van der Waals surface area contributed by atoms with Crippen LogP contribution in [-0.2, 0) is 19.5 Å². The van der Waals surface area contributed by atoms with Gasteiger partial charge in [0.1, 0.15) is 0 Å². The first kappa shape index (κ1) is 15.9. The van der Waals surface area contributed by atoms with E-state index in [2.05, 4.69) is 30.5 Å². The molecule has 0 spiro atoms. The van der Waals surface area contributed by atoms with Crippen molar-refractivity contribution in [1.82, 2.24) is 15.1 Å². The van der Waals surface area contributed by atoms with E-state index in [4.69, 9.17) is 11.6 Å². The average molecular weight is 290 g/mol. The Labute approximate surface area is 120 Å².